The minimum absolute atomic E-state index is 0.0806. The summed E-state index contributed by atoms with van der Waals surface area (Å²) in [6, 6.07) is 5.66. The number of anilines is 2. The summed E-state index contributed by atoms with van der Waals surface area (Å²) in [5.74, 6) is -0.0806. The Kier molecular flexibility index (Phi) is 5.29. The van der Waals surface area contributed by atoms with Crippen molar-refractivity contribution in [2.45, 2.75) is 6.92 Å². The van der Waals surface area contributed by atoms with Crippen LogP contribution in [-0.4, -0.2) is 32.7 Å². The molecule has 94 valence electrons. The highest BCUT2D eigenvalue weighted by Crippen LogP contribution is 2.18. The molecule has 0 heterocycles. The highest BCUT2D eigenvalue weighted by molar-refractivity contribution is 5.82. The molecule has 0 saturated carbocycles. The highest BCUT2D eigenvalue weighted by atomic mass is 16.5. The first kappa shape index (κ1) is 13.3. The molecule has 0 saturated heterocycles. The van der Waals surface area contributed by atoms with Crippen molar-refractivity contribution in [2.75, 3.05) is 37.9 Å². The Labute approximate surface area is 101 Å². The Hall–Kier alpha value is -1.75. The molecule has 1 amide bonds. The maximum Gasteiger partial charge on any atom is 0.239 e. The number of methoxy groups -OCH3 is 1. The summed E-state index contributed by atoms with van der Waals surface area (Å²) in [4.78, 5) is 11.4. The average molecular weight is 237 g/mol. The number of aryl methyl sites for hydroxylation is 1. The van der Waals surface area contributed by atoms with Gasteiger partial charge in [0.2, 0.25) is 5.91 Å². The fraction of sp³-hybridized carbons (Fsp3) is 0.417. The fourth-order valence-corrected chi connectivity index (χ4v) is 1.35. The van der Waals surface area contributed by atoms with Gasteiger partial charge in [0.05, 0.1) is 24.5 Å². The van der Waals surface area contributed by atoms with Crippen LogP contribution in [0.15, 0.2) is 18.2 Å². The van der Waals surface area contributed by atoms with Crippen molar-refractivity contribution >= 4 is 17.3 Å². The van der Waals surface area contributed by atoms with Crippen LogP contribution in [0.4, 0.5) is 11.4 Å². The Morgan fingerprint density at radius 1 is 1.47 bits per heavy atom. The van der Waals surface area contributed by atoms with Gasteiger partial charge in [-0.1, -0.05) is 6.07 Å². The molecule has 0 fully saturated rings. The molecule has 4 N–H and O–H groups in total. The summed E-state index contributed by atoms with van der Waals surface area (Å²) < 4.78 is 4.83. The summed E-state index contributed by atoms with van der Waals surface area (Å²) in [7, 11) is 1.60. The maximum absolute atomic E-state index is 11.4. The number of nitrogen functional groups attached to an aromatic ring is 1. The third-order valence-corrected chi connectivity index (χ3v) is 2.28. The highest BCUT2D eigenvalue weighted by Gasteiger charge is 2.02. The normalized spacial score (nSPS) is 10.0. The Morgan fingerprint density at radius 3 is 2.94 bits per heavy atom. The molecule has 0 radical (unpaired) electrons. The van der Waals surface area contributed by atoms with Gasteiger partial charge >= 0.3 is 0 Å². The monoisotopic (exact) mass is 237 g/mol. The Bertz CT molecular complexity index is 380. The standard InChI is InChI=1S/C12H19N3O2/c1-9-3-4-10(13)11(7-9)15-8-12(16)14-5-6-17-2/h3-4,7,15H,5-6,8,13H2,1-2H3,(H,14,16). The molecule has 0 spiro atoms. The summed E-state index contributed by atoms with van der Waals surface area (Å²) in [6.45, 7) is 3.21. The molecule has 1 aromatic carbocycles. The zero-order valence-corrected chi connectivity index (χ0v) is 10.2. The number of hydrogen-bond donors (Lipinski definition) is 3. The lowest BCUT2D eigenvalue weighted by atomic mass is 10.2. The van der Waals surface area contributed by atoms with Crippen LogP contribution in [0, 0.1) is 6.92 Å². The van der Waals surface area contributed by atoms with E-state index in [9.17, 15) is 4.79 Å². The van der Waals surface area contributed by atoms with E-state index in [2.05, 4.69) is 10.6 Å². The van der Waals surface area contributed by atoms with Crippen LogP contribution in [0.25, 0.3) is 0 Å². The molecule has 1 rings (SSSR count). The van der Waals surface area contributed by atoms with Gasteiger partial charge in [-0.25, -0.2) is 0 Å². The summed E-state index contributed by atoms with van der Waals surface area (Å²) in [6.07, 6.45) is 0. The SMILES string of the molecule is COCCNC(=O)CNc1cc(C)ccc1N. The van der Waals surface area contributed by atoms with E-state index in [1.165, 1.54) is 0 Å². The van der Waals surface area contributed by atoms with Crippen molar-refractivity contribution in [3.63, 3.8) is 0 Å². The van der Waals surface area contributed by atoms with Crippen molar-refractivity contribution < 1.29 is 9.53 Å². The van der Waals surface area contributed by atoms with E-state index < -0.39 is 0 Å². The fourth-order valence-electron chi connectivity index (χ4n) is 1.35. The molecule has 0 aliphatic heterocycles. The summed E-state index contributed by atoms with van der Waals surface area (Å²) in [5.41, 5.74) is 8.31. The number of nitrogens with two attached hydrogens (primary N) is 1. The second-order valence-electron chi connectivity index (χ2n) is 3.79. The van der Waals surface area contributed by atoms with E-state index >= 15 is 0 Å². The largest absolute Gasteiger partial charge is 0.397 e. The van der Waals surface area contributed by atoms with Gasteiger partial charge in [-0.15, -0.1) is 0 Å². The summed E-state index contributed by atoms with van der Waals surface area (Å²) in [5, 5.41) is 5.72. The zero-order valence-electron chi connectivity index (χ0n) is 10.2. The van der Waals surface area contributed by atoms with Crippen LogP contribution in [-0.2, 0) is 9.53 Å². The van der Waals surface area contributed by atoms with Gasteiger partial charge in [0.15, 0.2) is 0 Å². The topological polar surface area (TPSA) is 76.4 Å². The minimum Gasteiger partial charge on any atom is -0.397 e. The first-order valence-electron chi connectivity index (χ1n) is 5.49. The molecule has 5 nitrogen and oxygen atoms in total. The second kappa shape index (κ2) is 6.75. The molecule has 1 aromatic rings. The van der Waals surface area contributed by atoms with Crippen LogP contribution < -0.4 is 16.4 Å². The molecule has 0 aliphatic rings. The van der Waals surface area contributed by atoms with E-state index in [0.29, 0.717) is 18.8 Å². The van der Waals surface area contributed by atoms with Gasteiger partial charge in [0, 0.05) is 13.7 Å². The van der Waals surface area contributed by atoms with Crippen LogP contribution in [0.2, 0.25) is 0 Å². The van der Waals surface area contributed by atoms with E-state index in [1.807, 2.05) is 25.1 Å². The first-order chi connectivity index (χ1) is 8.13. The predicted octanol–water partition coefficient (Wildman–Crippen LogP) is 0.752. The molecule has 0 aromatic heterocycles. The van der Waals surface area contributed by atoms with Gasteiger partial charge in [-0.3, -0.25) is 4.79 Å². The lowest BCUT2D eigenvalue weighted by molar-refractivity contribution is -0.119. The number of amides is 1. The van der Waals surface area contributed by atoms with E-state index in [-0.39, 0.29) is 12.5 Å². The Morgan fingerprint density at radius 2 is 2.24 bits per heavy atom. The molecule has 0 bridgehead atoms. The summed E-state index contributed by atoms with van der Waals surface area (Å²) >= 11 is 0. The average Bonchev–Trinajstić information content (AvgIpc) is 2.31. The Balaban J connectivity index is 2.39. The van der Waals surface area contributed by atoms with Crippen LogP contribution in [0.5, 0.6) is 0 Å². The number of carbonyl (C=O) groups excluding carboxylic acids is 1. The van der Waals surface area contributed by atoms with E-state index in [4.69, 9.17) is 10.5 Å². The van der Waals surface area contributed by atoms with Gasteiger partial charge in [0.25, 0.3) is 0 Å². The quantitative estimate of drug-likeness (QED) is 0.504. The van der Waals surface area contributed by atoms with Crippen LogP contribution >= 0.6 is 0 Å². The lowest BCUT2D eigenvalue weighted by Crippen LogP contribution is -2.32. The number of benzene rings is 1. The van der Waals surface area contributed by atoms with Crippen molar-refractivity contribution in [3.05, 3.63) is 23.8 Å². The van der Waals surface area contributed by atoms with Gasteiger partial charge in [-0.2, -0.15) is 0 Å². The minimum atomic E-state index is -0.0806. The molecule has 17 heavy (non-hydrogen) atoms. The van der Waals surface area contributed by atoms with Crippen LogP contribution in [0.3, 0.4) is 0 Å². The number of hydrogen-bond acceptors (Lipinski definition) is 4. The van der Waals surface area contributed by atoms with Gasteiger partial charge in [-0.05, 0) is 24.6 Å². The predicted molar refractivity (Wildman–Crippen MR) is 69.0 cm³/mol. The number of ether oxygens (including phenoxy) is 1. The number of nitrogens with one attached hydrogen (secondary N) is 2. The van der Waals surface area contributed by atoms with Gasteiger partial charge in [0.1, 0.15) is 0 Å². The van der Waals surface area contributed by atoms with E-state index in [0.717, 1.165) is 11.3 Å². The number of carbonyl (C=O) groups is 1. The zero-order chi connectivity index (χ0) is 12.7. The smallest absolute Gasteiger partial charge is 0.239 e. The molecule has 0 atom stereocenters. The third kappa shape index (κ3) is 4.74. The second-order valence-corrected chi connectivity index (χ2v) is 3.79. The lowest BCUT2D eigenvalue weighted by Gasteiger charge is -2.10. The first-order valence-corrected chi connectivity index (χ1v) is 5.49. The van der Waals surface area contributed by atoms with Crippen molar-refractivity contribution in [1.29, 1.82) is 0 Å². The third-order valence-electron chi connectivity index (χ3n) is 2.28. The molecule has 0 unspecified atom stereocenters. The molecular weight excluding hydrogens is 218 g/mol. The van der Waals surface area contributed by atoms with Crippen molar-refractivity contribution in [2.24, 2.45) is 0 Å². The van der Waals surface area contributed by atoms with Crippen molar-refractivity contribution in [3.8, 4) is 0 Å². The van der Waals surface area contributed by atoms with Gasteiger partial charge < -0.3 is 21.1 Å². The maximum atomic E-state index is 11.4. The van der Waals surface area contributed by atoms with Crippen molar-refractivity contribution in [1.82, 2.24) is 5.32 Å². The molecule has 5 heteroatoms. The molecular formula is C12H19N3O2. The van der Waals surface area contributed by atoms with Crippen LogP contribution in [0.1, 0.15) is 5.56 Å². The van der Waals surface area contributed by atoms with E-state index in [1.54, 1.807) is 7.11 Å². The number of rotatable bonds is 6. The molecule has 0 aliphatic carbocycles.